The minimum absolute atomic E-state index is 0.176. The Balaban J connectivity index is 0.000000160. The van der Waals surface area contributed by atoms with E-state index in [1.807, 2.05) is 24.8 Å². The molecule has 1 aliphatic carbocycles. The number of nitrogens with zero attached hydrogens (tertiary/aromatic N) is 5. The Kier molecular flexibility index (Phi) is 14.0. The molecule has 0 bridgehead atoms. The van der Waals surface area contributed by atoms with Gasteiger partial charge in [-0.1, -0.05) is 38.1 Å². The Labute approximate surface area is 403 Å². The van der Waals surface area contributed by atoms with E-state index in [1.165, 1.54) is 74.8 Å². The molecule has 3 fully saturated rings. The van der Waals surface area contributed by atoms with Crippen molar-refractivity contribution in [1.82, 2.24) is 29.2 Å². The molecule has 0 unspecified atom stereocenters. The van der Waals surface area contributed by atoms with E-state index in [2.05, 4.69) is 117 Å². The first-order valence-corrected chi connectivity index (χ1v) is 26.0. The number of fused-ring (bicyclic) bond motifs is 6. The second-order valence-corrected chi connectivity index (χ2v) is 20.4. The number of likely N-dealkylation sites (tertiary alicyclic amines) is 2. The minimum Gasteiger partial charge on any atom is -0.494 e. The SMILES string of the molecule is CCOc1ccc(Cn2c3c(c4cc(C(=O)N5CCC(C)CC5)ccc42)CN(CC2CC2)CC3)cc1.CCOc1ccc(Cn2c3c(c4cc(C(=O)N5CCC(C)CC5)ccc42)CNCC3)cc1. The number of hydrogen-bond donors (Lipinski definition) is 1. The number of piperidine rings is 2. The number of aromatic nitrogens is 2. The smallest absolute Gasteiger partial charge is 0.253 e. The first-order chi connectivity index (χ1) is 33.2. The van der Waals surface area contributed by atoms with Crippen LogP contribution in [0.1, 0.15) is 121 Å². The van der Waals surface area contributed by atoms with Gasteiger partial charge in [-0.3, -0.25) is 14.5 Å². The summed E-state index contributed by atoms with van der Waals surface area (Å²) in [4.78, 5) is 33.3. The number of ether oxygens (including phenoxy) is 2. The predicted octanol–water partition coefficient (Wildman–Crippen LogP) is 10.3. The monoisotopic (exact) mass is 917 g/mol. The molecule has 2 saturated heterocycles. The van der Waals surface area contributed by atoms with Crippen LogP contribution >= 0.6 is 0 Å². The number of benzene rings is 4. The van der Waals surface area contributed by atoms with Crippen LogP contribution in [0.15, 0.2) is 84.9 Å². The third-order valence-corrected chi connectivity index (χ3v) is 15.5. The summed E-state index contributed by atoms with van der Waals surface area (Å²) in [6, 6.07) is 29.7. The minimum atomic E-state index is 0.176. The first-order valence-electron chi connectivity index (χ1n) is 26.0. The molecule has 1 saturated carbocycles. The number of rotatable bonds is 12. The summed E-state index contributed by atoms with van der Waals surface area (Å²) in [5.41, 5.74) is 12.3. The normalized spacial score (nSPS) is 18.0. The zero-order valence-electron chi connectivity index (χ0n) is 41.0. The Morgan fingerprint density at radius 2 is 1.07 bits per heavy atom. The van der Waals surface area contributed by atoms with Gasteiger partial charge in [0, 0.05) is 129 Å². The van der Waals surface area contributed by atoms with Crippen LogP contribution in [0, 0.1) is 17.8 Å². The molecular weight excluding hydrogens is 845 g/mol. The third-order valence-electron chi connectivity index (χ3n) is 15.5. The van der Waals surface area contributed by atoms with Crippen LogP contribution in [0.25, 0.3) is 21.8 Å². The number of nitrogens with one attached hydrogen (secondary N) is 1. The van der Waals surface area contributed by atoms with Crippen molar-refractivity contribution < 1.29 is 19.1 Å². The van der Waals surface area contributed by atoms with Crippen molar-refractivity contribution in [2.45, 2.75) is 105 Å². The first kappa shape index (κ1) is 46.2. The zero-order chi connectivity index (χ0) is 46.7. The lowest BCUT2D eigenvalue weighted by Crippen LogP contribution is -2.37. The van der Waals surface area contributed by atoms with Crippen molar-refractivity contribution >= 4 is 33.6 Å². The van der Waals surface area contributed by atoms with E-state index in [9.17, 15) is 9.59 Å². The van der Waals surface area contributed by atoms with Gasteiger partial charge in [0.2, 0.25) is 0 Å². The highest BCUT2D eigenvalue weighted by Gasteiger charge is 2.31. The van der Waals surface area contributed by atoms with E-state index in [-0.39, 0.29) is 11.8 Å². The van der Waals surface area contributed by atoms with Gasteiger partial charge < -0.3 is 33.7 Å². The molecule has 10 heteroatoms. The standard InChI is InChI=1S/C31H39N3O2.C27H33N3O2/c1-3-36-26-9-6-24(7-10-26)20-34-29-11-8-25(31(35)33-16-12-22(2)13-17-33)18-27(29)28-21-32(15-14-30(28)34)19-23-4-5-23;1-3-32-22-7-4-20(5-8-22)18-30-25-9-6-21(27(31)29-14-11-19(2)12-15-29)16-23(25)24-17-28-13-10-26(24)30/h6-11,18,22-23H,3-5,12-17,19-21H2,1-2H3;4-9,16,19,28H,3,10-15,17-18H2,1-2H3. The highest BCUT2D eigenvalue weighted by atomic mass is 16.5. The predicted molar refractivity (Wildman–Crippen MR) is 273 cm³/mol. The lowest BCUT2D eigenvalue weighted by atomic mass is 9.98. The van der Waals surface area contributed by atoms with Gasteiger partial charge >= 0.3 is 0 Å². The molecule has 0 radical (unpaired) electrons. The van der Waals surface area contributed by atoms with E-state index in [0.717, 1.165) is 144 Å². The Hall–Kier alpha value is -5.58. The van der Waals surface area contributed by atoms with Gasteiger partial charge in [0.1, 0.15) is 11.5 Å². The van der Waals surface area contributed by atoms with Crippen molar-refractivity contribution in [3.8, 4) is 11.5 Å². The number of carbonyl (C=O) groups excluding carboxylic acids is 2. The molecule has 0 spiro atoms. The van der Waals surface area contributed by atoms with Crippen molar-refractivity contribution in [3.05, 3.63) is 130 Å². The van der Waals surface area contributed by atoms with Crippen molar-refractivity contribution in [2.75, 3.05) is 59.0 Å². The molecule has 4 aliphatic heterocycles. The summed E-state index contributed by atoms with van der Waals surface area (Å²) >= 11 is 0. The number of hydrogen-bond acceptors (Lipinski definition) is 6. The zero-order valence-corrected chi connectivity index (χ0v) is 41.0. The molecule has 1 N–H and O–H groups in total. The fourth-order valence-corrected chi connectivity index (χ4v) is 11.2. The summed E-state index contributed by atoms with van der Waals surface area (Å²) < 4.78 is 16.2. The molecule has 2 aromatic heterocycles. The molecule has 10 nitrogen and oxygen atoms in total. The Morgan fingerprint density at radius 1 is 0.588 bits per heavy atom. The van der Waals surface area contributed by atoms with Crippen LogP contribution in [-0.2, 0) is 39.0 Å². The molecule has 4 aromatic carbocycles. The van der Waals surface area contributed by atoms with E-state index in [0.29, 0.717) is 13.2 Å². The molecular formula is C58H72N6O4. The number of amides is 2. The molecule has 68 heavy (non-hydrogen) atoms. The van der Waals surface area contributed by atoms with Gasteiger partial charge in [-0.2, -0.15) is 0 Å². The van der Waals surface area contributed by atoms with Gasteiger partial charge in [0.15, 0.2) is 0 Å². The highest BCUT2D eigenvalue weighted by molar-refractivity contribution is 6.00. The average molecular weight is 917 g/mol. The summed E-state index contributed by atoms with van der Waals surface area (Å²) in [5.74, 6) is 4.54. The summed E-state index contributed by atoms with van der Waals surface area (Å²) in [5, 5.41) is 6.01. The lowest BCUT2D eigenvalue weighted by Gasteiger charge is -2.30. The molecule has 0 atom stereocenters. The Morgan fingerprint density at radius 3 is 1.56 bits per heavy atom. The highest BCUT2D eigenvalue weighted by Crippen LogP contribution is 2.37. The topological polar surface area (TPSA) is 84.2 Å². The van der Waals surface area contributed by atoms with E-state index in [4.69, 9.17) is 9.47 Å². The Bertz CT molecular complexity index is 2720. The molecule has 358 valence electrons. The van der Waals surface area contributed by atoms with Crippen LogP contribution in [0.5, 0.6) is 11.5 Å². The fraction of sp³-hybridized carbons (Fsp3) is 0.483. The summed E-state index contributed by atoms with van der Waals surface area (Å²) in [6.45, 7) is 20.3. The van der Waals surface area contributed by atoms with Crippen LogP contribution in [0.4, 0.5) is 0 Å². The molecule has 2 amide bonds. The number of carbonyl (C=O) groups is 2. The quantitative estimate of drug-likeness (QED) is 0.132. The lowest BCUT2D eigenvalue weighted by molar-refractivity contribution is 0.0689. The fourth-order valence-electron chi connectivity index (χ4n) is 11.2. The third kappa shape index (κ3) is 10.1. The van der Waals surface area contributed by atoms with Crippen molar-refractivity contribution in [3.63, 3.8) is 0 Å². The van der Waals surface area contributed by atoms with Crippen LogP contribution in [0.2, 0.25) is 0 Å². The van der Waals surface area contributed by atoms with Gasteiger partial charge in [-0.25, -0.2) is 0 Å². The summed E-state index contributed by atoms with van der Waals surface area (Å²) in [7, 11) is 0. The average Bonchev–Trinajstić information content (AvgIpc) is 4.07. The largest absolute Gasteiger partial charge is 0.494 e. The van der Waals surface area contributed by atoms with Crippen LogP contribution in [-0.4, -0.2) is 94.7 Å². The molecule has 5 aliphatic rings. The van der Waals surface area contributed by atoms with E-state index >= 15 is 0 Å². The van der Waals surface area contributed by atoms with Crippen molar-refractivity contribution in [1.29, 1.82) is 0 Å². The van der Waals surface area contributed by atoms with Gasteiger partial charge in [-0.15, -0.1) is 0 Å². The summed E-state index contributed by atoms with van der Waals surface area (Å²) in [6.07, 6.45) is 9.27. The molecule has 11 rings (SSSR count). The molecule has 6 heterocycles. The van der Waals surface area contributed by atoms with Crippen molar-refractivity contribution in [2.24, 2.45) is 17.8 Å². The van der Waals surface area contributed by atoms with Gasteiger partial charge in [0.05, 0.1) is 13.2 Å². The van der Waals surface area contributed by atoms with Crippen LogP contribution in [0.3, 0.4) is 0 Å². The van der Waals surface area contributed by atoms with E-state index < -0.39 is 0 Å². The maximum absolute atomic E-state index is 13.4. The van der Waals surface area contributed by atoms with Gasteiger partial charge in [-0.05, 0) is 153 Å². The maximum atomic E-state index is 13.4. The van der Waals surface area contributed by atoms with E-state index in [1.54, 1.807) is 0 Å². The second kappa shape index (κ2) is 20.6. The molecule has 6 aromatic rings. The van der Waals surface area contributed by atoms with Gasteiger partial charge in [0.25, 0.3) is 11.8 Å². The maximum Gasteiger partial charge on any atom is 0.253 e. The second-order valence-electron chi connectivity index (χ2n) is 20.4. The van der Waals surface area contributed by atoms with Crippen LogP contribution < -0.4 is 14.8 Å².